The lowest BCUT2D eigenvalue weighted by Crippen LogP contribution is -2.32. The number of piperidine rings is 1. The van der Waals surface area contributed by atoms with Gasteiger partial charge in [0.05, 0.1) is 25.2 Å². The van der Waals surface area contributed by atoms with Gasteiger partial charge >= 0.3 is 5.97 Å². The molecule has 0 bridgehead atoms. The number of carbonyl (C=O) groups is 1. The van der Waals surface area contributed by atoms with Gasteiger partial charge in [0.25, 0.3) is 0 Å². The molecule has 2 aliphatic heterocycles. The summed E-state index contributed by atoms with van der Waals surface area (Å²) in [6.45, 7) is 15.3. The third-order valence-electron chi connectivity index (χ3n) is 7.15. The number of fused-ring (bicyclic) bond motifs is 1. The van der Waals surface area contributed by atoms with E-state index in [2.05, 4.69) is 39.5 Å². The molecule has 2 aliphatic rings. The summed E-state index contributed by atoms with van der Waals surface area (Å²) in [5, 5.41) is 21.0. The first-order valence-electron chi connectivity index (χ1n) is 13.2. The Labute approximate surface area is 205 Å². The van der Waals surface area contributed by atoms with Crippen LogP contribution in [0.2, 0.25) is 0 Å². The first-order valence-corrected chi connectivity index (χ1v) is 13.2. The molecule has 0 saturated carbocycles. The van der Waals surface area contributed by atoms with Gasteiger partial charge < -0.3 is 24.6 Å². The highest BCUT2D eigenvalue weighted by Gasteiger charge is 2.37. The minimum atomic E-state index is -0.901. The average molecular weight is 476 g/mol. The van der Waals surface area contributed by atoms with Crippen LogP contribution in [0, 0.1) is 6.92 Å². The van der Waals surface area contributed by atoms with Gasteiger partial charge in [-0.05, 0) is 83.3 Å². The third-order valence-corrected chi connectivity index (χ3v) is 7.15. The largest absolute Gasteiger partial charge is 0.487 e. The summed E-state index contributed by atoms with van der Waals surface area (Å²) >= 11 is 0. The molecule has 6 nitrogen and oxygen atoms in total. The Morgan fingerprint density at radius 1 is 1.15 bits per heavy atom. The molecular weight excluding hydrogens is 430 g/mol. The summed E-state index contributed by atoms with van der Waals surface area (Å²) < 4.78 is 11.4. The highest BCUT2D eigenvalue weighted by Crippen LogP contribution is 2.49. The minimum Gasteiger partial charge on any atom is -0.487 e. The van der Waals surface area contributed by atoms with E-state index in [4.69, 9.17) is 9.47 Å². The molecule has 0 amide bonds. The van der Waals surface area contributed by atoms with Gasteiger partial charge in [-0.15, -0.1) is 0 Å². The molecule has 34 heavy (non-hydrogen) atoms. The smallest absolute Gasteiger partial charge is 0.308 e. The molecule has 2 atom stereocenters. The number of benzene rings is 1. The zero-order chi connectivity index (χ0) is 25.0. The first-order chi connectivity index (χ1) is 16.0. The van der Waals surface area contributed by atoms with Crippen molar-refractivity contribution in [2.45, 2.75) is 117 Å². The number of hydrogen-bond acceptors (Lipinski definition) is 6. The number of hydrogen-bond donors (Lipinski definition) is 2. The second-order valence-electron chi connectivity index (χ2n) is 11.0. The standard InChI is InChI=1S/C28H45NO5/c1-7-33-24(32)16-21(31)15-20(30)11-12-22-25(18(2)3)26(29-13-9-8-10-14-29)19(4)23-17-28(5,6)34-27(22)23/h18,20-21,30-31H,7-17H2,1-6H3. The van der Waals surface area contributed by atoms with Crippen molar-refractivity contribution in [1.29, 1.82) is 0 Å². The first kappa shape index (κ1) is 26.8. The molecule has 0 spiro atoms. The Balaban J connectivity index is 1.88. The topological polar surface area (TPSA) is 79.2 Å². The lowest BCUT2D eigenvalue weighted by atomic mass is 9.84. The number of ether oxygens (including phenoxy) is 2. The summed E-state index contributed by atoms with van der Waals surface area (Å²) in [5.74, 6) is 0.906. The van der Waals surface area contributed by atoms with Crippen LogP contribution in [0.1, 0.15) is 101 Å². The summed E-state index contributed by atoms with van der Waals surface area (Å²) in [6.07, 6.45) is 4.30. The van der Waals surface area contributed by atoms with Crippen LogP contribution in [0.15, 0.2) is 0 Å². The number of anilines is 1. The third kappa shape index (κ3) is 6.25. The van der Waals surface area contributed by atoms with Gasteiger partial charge in [-0.2, -0.15) is 0 Å². The van der Waals surface area contributed by atoms with E-state index in [0.29, 0.717) is 25.4 Å². The average Bonchev–Trinajstić information content (AvgIpc) is 3.08. The van der Waals surface area contributed by atoms with E-state index in [-0.39, 0.29) is 18.4 Å². The quantitative estimate of drug-likeness (QED) is 0.473. The molecule has 2 heterocycles. The molecule has 2 unspecified atom stereocenters. The molecule has 1 aromatic rings. The molecule has 1 saturated heterocycles. The van der Waals surface area contributed by atoms with E-state index < -0.39 is 18.2 Å². The number of esters is 1. The molecule has 0 aliphatic carbocycles. The minimum absolute atomic E-state index is 0.0848. The predicted octanol–water partition coefficient (Wildman–Crippen LogP) is 4.82. The summed E-state index contributed by atoms with van der Waals surface area (Å²) in [5.41, 5.74) is 6.34. The van der Waals surface area contributed by atoms with Crippen LogP contribution in [-0.4, -0.2) is 53.7 Å². The maximum absolute atomic E-state index is 11.7. The Hall–Kier alpha value is -1.79. The van der Waals surface area contributed by atoms with E-state index in [1.165, 1.54) is 47.2 Å². The lowest BCUT2D eigenvalue weighted by Gasteiger charge is -2.35. The molecule has 2 N–H and O–H groups in total. The van der Waals surface area contributed by atoms with Crippen LogP contribution >= 0.6 is 0 Å². The van der Waals surface area contributed by atoms with Crippen LogP contribution in [0.3, 0.4) is 0 Å². The van der Waals surface area contributed by atoms with Crippen molar-refractivity contribution in [1.82, 2.24) is 0 Å². The molecule has 1 fully saturated rings. The van der Waals surface area contributed by atoms with Crippen molar-refractivity contribution >= 4 is 11.7 Å². The van der Waals surface area contributed by atoms with E-state index in [9.17, 15) is 15.0 Å². The predicted molar refractivity (Wildman–Crippen MR) is 136 cm³/mol. The molecule has 3 rings (SSSR count). The number of rotatable bonds is 10. The maximum Gasteiger partial charge on any atom is 0.308 e. The van der Waals surface area contributed by atoms with Crippen molar-refractivity contribution in [3.8, 4) is 5.75 Å². The monoisotopic (exact) mass is 475 g/mol. The zero-order valence-corrected chi connectivity index (χ0v) is 22.1. The maximum atomic E-state index is 11.7. The highest BCUT2D eigenvalue weighted by atomic mass is 16.5. The van der Waals surface area contributed by atoms with Crippen molar-refractivity contribution in [2.75, 3.05) is 24.6 Å². The van der Waals surface area contributed by atoms with Crippen molar-refractivity contribution in [3.05, 3.63) is 22.3 Å². The zero-order valence-electron chi connectivity index (χ0n) is 22.1. The lowest BCUT2D eigenvalue weighted by molar-refractivity contribution is -0.145. The highest BCUT2D eigenvalue weighted by molar-refractivity contribution is 5.72. The molecule has 1 aromatic carbocycles. The summed E-state index contributed by atoms with van der Waals surface area (Å²) in [7, 11) is 0. The van der Waals surface area contributed by atoms with E-state index in [1.807, 2.05) is 0 Å². The molecular formula is C28H45NO5. The van der Waals surface area contributed by atoms with E-state index in [1.54, 1.807) is 6.92 Å². The normalized spacial score (nSPS) is 19.0. The summed E-state index contributed by atoms with van der Waals surface area (Å²) in [6, 6.07) is 0. The molecule has 192 valence electrons. The van der Waals surface area contributed by atoms with Gasteiger partial charge in [0.1, 0.15) is 11.4 Å². The number of aliphatic hydroxyl groups is 2. The van der Waals surface area contributed by atoms with Gasteiger partial charge in [0, 0.05) is 36.3 Å². The van der Waals surface area contributed by atoms with Crippen LogP contribution in [-0.2, 0) is 22.4 Å². The second kappa shape index (κ2) is 11.3. The van der Waals surface area contributed by atoms with Crippen molar-refractivity contribution < 1.29 is 24.5 Å². The second-order valence-corrected chi connectivity index (χ2v) is 11.0. The number of aliphatic hydroxyl groups excluding tert-OH is 2. The summed E-state index contributed by atoms with van der Waals surface area (Å²) in [4.78, 5) is 14.2. The SMILES string of the molecule is CCOC(=O)CC(O)CC(O)CCc1c2c(c(C)c(N3CCCCC3)c1C(C)C)CC(C)(C)O2. The fourth-order valence-electron chi connectivity index (χ4n) is 5.67. The van der Waals surface area contributed by atoms with Gasteiger partial charge in [0.2, 0.25) is 0 Å². The fourth-order valence-corrected chi connectivity index (χ4v) is 5.67. The molecule has 6 heteroatoms. The van der Waals surface area contributed by atoms with Gasteiger partial charge in [-0.3, -0.25) is 4.79 Å². The molecule has 0 radical (unpaired) electrons. The van der Waals surface area contributed by atoms with Crippen LogP contribution in [0.25, 0.3) is 0 Å². The Kier molecular flexibility index (Phi) is 8.91. The Morgan fingerprint density at radius 3 is 2.44 bits per heavy atom. The van der Waals surface area contributed by atoms with Gasteiger partial charge in [0.15, 0.2) is 0 Å². The van der Waals surface area contributed by atoms with Gasteiger partial charge in [-0.25, -0.2) is 0 Å². The van der Waals surface area contributed by atoms with Crippen molar-refractivity contribution in [2.24, 2.45) is 0 Å². The fraction of sp³-hybridized carbons (Fsp3) is 0.750. The molecule has 0 aromatic heterocycles. The van der Waals surface area contributed by atoms with Crippen LogP contribution in [0.5, 0.6) is 5.75 Å². The number of carbonyl (C=O) groups excluding carboxylic acids is 1. The Morgan fingerprint density at radius 2 is 1.82 bits per heavy atom. The van der Waals surface area contributed by atoms with Crippen LogP contribution in [0.4, 0.5) is 5.69 Å². The van der Waals surface area contributed by atoms with Gasteiger partial charge in [-0.1, -0.05) is 13.8 Å². The van der Waals surface area contributed by atoms with E-state index in [0.717, 1.165) is 25.3 Å². The number of nitrogens with zero attached hydrogens (tertiary/aromatic N) is 1. The van der Waals surface area contributed by atoms with Crippen molar-refractivity contribution in [3.63, 3.8) is 0 Å². The van der Waals surface area contributed by atoms with E-state index >= 15 is 0 Å². The Bertz CT molecular complexity index is 857. The van der Waals surface area contributed by atoms with Crippen LogP contribution < -0.4 is 9.64 Å².